The highest BCUT2D eigenvalue weighted by Crippen LogP contribution is 2.25. The lowest BCUT2D eigenvalue weighted by molar-refractivity contribution is -0.122. The Morgan fingerprint density at radius 2 is 1.87 bits per heavy atom. The SMILES string of the molecule is NC(=O)c1cccnc1O[C@H]1CC[C@H](NC(=O)C[C@H](CCc2ccccc2)NCl)CC1. The number of aromatic nitrogens is 1. The van der Waals surface area contributed by atoms with Gasteiger partial charge in [0, 0.05) is 24.7 Å². The van der Waals surface area contributed by atoms with Gasteiger partial charge in [-0.05, 0) is 68.0 Å². The number of nitrogens with zero attached hydrogens (tertiary/aromatic N) is 1. The molecule has 1 aromatic carbocycles. The van der Waals surface area contributed by atoms with E-state index < -0.39 is 5.91 Å². The van der Waals surface area contributed by atoms with E-state index in [1.807, 2.05) is 18.2 Å². The molecule has 8 heteroatoms. The number of hydrogen-bond donors (Lipinski definition) is 3. The predicted octanol–water partition coefficient (Wildman–Crippen LogP) is 3.12. The van der Waals surface area contributed by atoms with Crippen molar-refractivity contribution in [1.82, 2.24) is 15.1 Å². The van der Waals surface area contributed by atoms with Crippen LogP contribution in [0.2, 0.25) is 0 Å². The first kappa shape index (κ1) is 23.0. The molecule has 1 aliphatic rings. The molecule has 1 heterocycles. The van der Waals surface area contributed by atoms with Gasteiger partial charge in [0.2, 0.25) is 11.8 Å². The second-order valence-electron chi connectivity index (χ2n) is 7.91. The van der Waals surface area contributed by atoms with E-state index in [1.54, 1.807) is 18.3 Å². The zero-order valence-corrected chi connectivity index (χ0v) is 18.2. The lowest BCUT2D eigenvalue weighted by atomic mass is 9.92. The number of nitrogens with one attached hydrogen (secondary N) is 2. The number of benzene rings is 1. The zero-order valence-electron chi connectivity index (χ0n) is 17.4. The van der Waals surface area contributed by atoms with Crippen LogP contribution in [0.1, 0.15) is 54.4 Å². The van der Waals surface area contributed by atoms with Gasteiger partial charge < -0.3 is 15.8 Å². The van der Waals surface area contributed by atoms with Gasteiger partial charge in [0.05, 0.1) is 0 Å². The summed E-state index contributed by atoms with van der Waals surface area (Å²) in [4.78, 5) is 30.9. The molecule has 2 amide bonds. The maximum Gasteiger partial charge on any atom is 0.254 e. The van der Waals surface area contributed by atoms with Crippen LogP contribution < -0.4 is 20.6 Å². The average molecular weight is 445 g/mol. The average Bonchev–Trinajstić information content (AvgIpc) is 2.79. The first-order chi connectivity index (χ1) is 15.0. The van der Waals surface area contributed by atoms with Crippen molar-refractivity contribution in [2.45, 2.75) is 63.1 Å². The highest BCUT2D eigenvalue weighted by atomic mass is 35.5. The normalized spacial score (nSPS) is 19.4. The van der Waals surface area contributed by atoms with Crippen molar-refractivity contribution < 1.29 is 14.3 Å². The van der Waals surface area contributed by atoms with Crippen LogP contribution in [0, 0.1) is 0 Å². The number of nitrogens with two attached hydrogens (primary N) is 1. The van der Waals surface area contributed by atoms with Gasteiger partial charge >= 0.3 is 0 Å². The van der Waals surface area contributed by atoms with E-state index in [1.165, 1.54) is 5.56 Å². The van der Waals surface area contributed by atoms with E-state index in [0.29, 0.717) is 6.42 Å². The maximum absolute atomic E-state index is 12.5. The molecule has 0 radical (unpaired) electrons. The van der Waals surface area contributed by atoms with Gasteiger partial charge in [0.15, 0.2) is 0 Å². The number of primary amides is 1. The van der Waals surface area contributed by atoms with Crippen LogP contribution >= 0.6 is 11.8 Å². The van der Waals surface area contributed by atoms with Gasteiger partial charge in [-0.3, -0.25) is 9.59 Å². The number of halogens is 1. The number of carbonyl (C=O) groups excluding carboxylic acids is 2. The molecule has 166 valence electrons. The number of aryl methyl sites for hydroxylation is 1. The Hall–Kier alpha value is -2.64. The number of hydrogen-bond acceptors (Lipinski definition) is 5. The van der Waals surface area contributed by atoms with E-state index in [4.69, 9.17) is 22.2 Å². The Bertz CT molecular complexity index is 857. The quantitative estimate of drug-likeness (QED) is 0.488. The third kappa shape index (κ3) is 7.22. The summed E-state index contributed by atoms with van der Waals surface area (Å²) in [7, 11) is 0. The molecular formula is C23H29ClN4O3. The fourth-order valence-corrected chi connectivity index (χ4v) is 4.03. The summed E-state index contributed by atoms with van der Waals surface area (Å²) in [6, 6.07) is 13.4. The molecule has 7 nitrogen and oxygen atoms in total. The van der Waals surface area contributed by atoms with Crippen molar-refractivity contribution in [2.24, 2.45) is 5.73 Å². The summed E-state index contributed by atoms with van der Waals surface area (Å²) in [6.45, 7) is 0. The third-order valence-electron chi connectivity index (χ3n) is 5.56. The van der Waals surface area contributed by atoms with E-state index >= 15 is 0 Å². The number of ether oxygens (including phenoxy) is 1. The summed E-state index contributed by atoms with van der Waals surface area (Å²) >= 11 is 5.87. The largest absolute Gasteiger partial charge is 0.474 e. The van der Waals surface area contributed by atoms with Crippen molar-refractivity contribution in [1.29, 1.82) is 0 Å². The minimum absolute atomic E-state index is 0.00341. The van der Waals surface area contributed by atoms with Crippen LogP contribution in [0.5, 0.6) is 5.88 Å². The summed E-state index contributed by atoms with van der Waals surface area (Å²) in [5.41, 5.74) is 6.89. The van der Waals surface area contributed by atoms with Crippen molar-refractivity contribution in [3.63, 3.8) is 0 Å². The van der Waals surface area contributed by atoms with Gasteiger partial charge in [-0.1, -0.05) is 30.3 Å². The molecule has 0 saturated heterocycles. The molecule has 0 spiro atoms. The Morgan fingerprint density at radius 1 is 1.13 bits per heavy atom. The third-order valence-corrected chi connectivity index (χ3v) is 5.87. The van der Waals surface area contributed by atoms with Crippen molar-refractivity contribution in [3.05, 3.63) is 59.8 Å². The number of pyridine rings is 1. The molecule has 2 aromatic rings. The standard InChI is InChI=1S/C23H29ClN4O3/c24-28-18(9-8-16-5-2-1-3-6-16)15-21(29)27-17-10-12-19(13-11-17)31-23-20(22(25)30)7-4-14-26-23/h1-7,14,17-19,28H,8-13,15H2,(H2,25,30)(H,27,29)/t17-,18-,19-/m0/s1. The van der Waals surface area contributed by atoms with E-state index in [-0.39, 0.29) is 35.5 Å². The van der Waals surface area contributed by atoms with Crippen LogP contribution in [0.3, 0.4) is 0 Å². The van der Waals surface area contributed by atoms with Crippen LogP contribution in [-0.2, 0) is 11.2 Å². The van der Waals surface area contributed by atoms with Crippen LogP contribution in [-0.4, -0.2) is 35.0 Å². The van der Waals surface area contributed by atoms with Crippen molar-refractivity contribution in [2.75, 3.05) is 0 Å². The molecule has 1 atom stereocenters. The summed E-state index contributed by atoms with van der Waals surface area (Å²) < 4.78 is 5.90. The second kappa shape index (κ2) is 11.7. The number of amides is 2. The van der Waals surface area contributed by atoms with Crippen LogP contribution in [0.25, 0.3) is 0 Å². The fourth-order valence-electron chi connectivity index (χ4n) is 3.85. The predicted molar refractivity (Wildman–Crippen MR) is 120 cm³/mol. The lowest BCUT2D eigenvalue weighted by Crippen LogP contribution is -2.42. The number of rotatable bonds is 10. The number of carbonyl (C=O) groups is 2. The Kier molecular flexibility index (Phi) is 8.67. The van der Waals surface area contributed by atoms with E-state index in [2.05, 4.69) is 27.3 Å². The molecule has 1 aromatic heterocycles. The highest BCUT2D eigenvalue weighted by Gasteiger charge is 2.25. The molecule has 1 aliphatic carbocycles. The topological polar surface area (TPSA) is 106 Å². The molecule has 0 aliphatic heterocycles. The van der Waals surface area contributed by atoms with E-state index in [0.717, 1.165) is 38.5 Å². The molecule has 3 rings (SSSR count). The summed E-state index contributed by atoms with van der Waals surface area (Å²) in [5.74, 6) is -0.285. The molecular weight excluding hydrogens is 416 g/mol. The van der Waals surface area contributed by atoms with Crippen molar-refractivity contribution >= 4 is 23.6 Å². The first-order valence-electron chi connectivity index (χ1n) is 10.7. The molecule has 1 fully saturated rings. The fraction of sp³-hybridized carbons (Fsp3) is 0.435. The van der Waals surface area contributed by atoms with E-state index in [9.17, 15) is 9.59 Å². The summed E-state index contributed by atoms with van der Waals surface area (Å²) in [5, 5.41) is 3.11. The van der Waals surface area contributed by atoms with Gasteiger partial charge in [-0.15, -0.1) is 0 Å². The lowest BCUT2D eigenvalue weighted by Gasteiger charge is -2.29. The minimum atomic E-state index is -0.557. The maximum atomic E-state index is 12.5. The smallest absolute Gasteiger partial charge is 0.254 e. The minimum Gasteiger partial charge on any atom is -0.474 e. The molecule has 31 heavy (non-hydrogen) atoms. The molecule has 0 bridgehead atoms. The van der Waals surface area contributed by atoms with Crippen LogP contribution in [0.15, 0.2) is 48.7 Å². The molecule has 1 saturated carbocycles. The Labute approximate surface area is 187 Å². The van der Waals surface area contributed by atoms with Crippen LogP contribution in [0.4, 0.5) is 0 Å². The van der Waals surface area contributed by atoms with Gasteiger partial charge in [-0.25, -0.2) is 9.82 Å². The monoisotopic (exact) mass is 444 g/mol. The van der Waals surface area contributed by atoms with Gasteiger partial charge in [0.1, 0.15) is 11.7 Å². The van der Waals surface area contributed by atoms with Gasteiger partial charge in [0.25, 0.3) is 5.91 Å². The second-order valence-corrected chi connectivity index (χ2v) is 8.13. The molecule has 0 unspecified atom stereocenters. The Morgan fingerprint density at radius 3 is 2.55 bits per heavy atom. The highest BCUT2D eigenvalue weighted by molar-refractivity contribution is 6.13. The first-order valence-corrected chi connectivity index (χ1v) is 11.0. The Balaban J connectivity index is 1.40. The zero-order chi connectivity index (χ0) is 22.1. The van der Waals surface area contributed by atoms with Gasteiger partial charge in [-0.2, -0.15) is 0 Å². The summed E-state index contributed by atoms with van der Waals surface area (Å²) in [6.07, 6.45) is 6.65. The molecule has 4 N–H and O–H groups in total. The van der Waals surface area contributed by atoms with Crippen molar-refractivity contribution in [3.8, 4) is 5.88 Å².